The smallest absolute Gasteiger partial charge is 0.325 e. The number of hydrogen-bond donors (Lipinski definition) is 2. The minimum absolute atomic E-state index is 0.182. The molecule has 0 spiro atoms. The summed E-state index contributed by atoms with van der Waals surface area (Å²) in [6.07, 6.45) is 2.07. The van der Waals surface area contributed by atoms with Gasteiger partial charge in [0.15, 0.2) is 0 Å². The molecule has 0 radical (unpaired) electrons. The van der Waals surface area contributed by atoms with Crippen molar-refractivity contribution in [1.29, 1.82) is 0 Å². The lowest BCUT2D eigenvalue weighted by atomic mass is 9.93. The number of carboxylic acids is 1. The van der Waals surface area contributed by atoms with Crippen molar-refractivity contribution in [3.05, 3.63) is 35.9 Å². The molecule has 1 saturated carbocycles. The van der Waals surface area contributed by atoms with E-state index in [9.17, 15) is 9.59 Å². The van der Waals surface area contributed by atoms with Gasteiger partial charge in [0.2, 0.25) is 5.91 Å². The molecule has 1 aromatic rings. The van der Waals surface area contributed by atoms with Crippen LogP contribution in [0.2, 0.25) is 0 Å². The normalized spacial score (nSPS) is 17.8. The zero-order valence-corrected chi connectivity index (χ0v) is 10.3. The summed E-state index contributed by atoms with van der Waals surface area (Å²) in [5, 5.41) is 11.4. The summed E-state index contributed by atoms with van der Waals surface area (Å²) in [6, 6.07) is 8.72. The summed E-state index contributed by atoms with van der Waals surface area (Å²) in [5.41, 5.74) is 0.968. The topological polar surface area (TPSA) is 66.4 Å². The predicted molar refractivity (Wildman–Crippen MR) is 67.1 cm³/mol. The van der Waals surface area contributed by atoms with Gasteiger partial charge in [0, 0.05) is 0 Å². The Bertz CT molecular complexity index is 440. The van der Waals surface area contributed by atoms with E-state index in [1.165, 1.54) is 6.92 Å². The van der Waals surface area contributed by atoms with E-state index in [4.69, 9.17) is 5.11 Å². The van der Waals surface area contributed by atoms with Crippen LogP contribution in [-0.2, 0) is 9.59 Å². The molecule has 2 unspecified atom stereocenters. The maximum absolute atomic E-state index is 12.2. The van der Waals surface area contributed by atoms with Gasteiger partial charge in [0.05, 0.1) is 5.92 Å². The fourth-order valence-electron chi connectivity index (χ4n) is 2.09. The molecule has 4 nitrogen and oxygen atoms in total. The first-order chi connectivity index (χ1) is 8.59. The zero-order valence-electron chi connectivity index (χ0n) is 10.3. The quantitative estimate of drug-likeness (QED) is 0.833. The van der Waals surface area contributed by atoms with Gasteiger partial charge in [0.1, 0.15) is 6.04 Å². The van der Waals surface area contributed by atoms with Crippen LogP contribution in [0.4, 0.5) is 0 Å². The van der Waals surface area contributed by atoms with E-state index in [0.29, 0.717) is 5.92 Å². The molecule has 1 amide bonds. The average Bonchev–Trinajstić information content (AvgIpc) is 3.15. The number of carbonyl (C=O) groups is 2. The maximum Gasteiger partial charge on any atom is 0.325 e. The van der Waals surface area contributed by atoms with Gasteiger partial charge in [-0.2, -0.15) is 0 Å². The molecule has 1 aromatic carbocycles. The van der Waals surface area contributed by atoms with E-state index in [2.05, 4.69) is 5.32 Å². The number of rotatable bonds is 5. The van der Waals surface area contributed by atoms with Crippen LogP contribution in [0.3, 0.4) is 0 Å². The molecule has 18 heavy (non-hydrogen) atoms. The van der Waals surface area contributed by atoms with Gasteiger partial charge in [-0.1, -0.05) is 30.3 Å². The maximum atomic E-state index is 12.2. The number of nitrogens with one attached hydrogen (secondary N) is 1. The highest BCUT2D eigenvalue weighted by Gasteiger charge is 2.37. The first-order valence-corrected chi connectivity index (χ1v) is 6.17. The molecule has 0 heterocycles. The van der Waals surface area contributed by atoms with E-state index >= 15 is 0 Å². The summed E-state index contributed by atoms with van der Waals surface area (Å²) in [5.74, 6) is -1.05. The monoisotopic (exact) mass is 247 g/mol. The first-order valence-electron chi connectivity index (χ1n) is 6.17. The second kappa shape index (κ2) is 5.21. The van der Waals surface area contributed by atoms with Crippen LogP contribution in [0, 0.1) is 5.92 Å². The fourth-order valence-corrected chi connectivity index (χ4v) is 2.09. The number of carboxylic acid groups (broad SMARTS) is 1. The van der Waals surface area contributed by atoms with E-state index in [1.54, 1.807) is 0 Å². The Labute approximate surface area is 106 Å². The third-order valence-corrected chi connectivity index (χ3v) is 3.26. The second-order valence-electron chi connectivity index (χ2n) is 4.79. The molecule has 0 saturated heterocycles. The van der Waals surface area contributed by atoms with Crippen molar-refractivity contribution in [1.82, 2.24) is 5.32 Å². The molecule has 96 valence electrons. The van der Waals surface area contributed by atoms with E-state index in [1.807, 2.05) is 30.3 Å². The van der Waals surface area contributed by atoms with Gasteiger partial charge in [0.25, 0.3) is 0 Å². The lowest BCUT2D eigenvalue weighted by Crippen LogP contribution is -2.41. The third kappa shape index (κ3) is 2.88. The Hall–Kier alpha value is -1.84. The fraction of sp³-hybridized carbons (Fsp3) is 0.429. The van der Waals surface area contributed by atoms with Crippen LogP contribution in [0.1, 0.15) is 31.2 Å². The van der Waals surface area contributed by atoms with Gasteiger partial charge in [-0.15, -0.1) is 0 Å². The predicted octanol–water partition coefficient (Wildman–Crippen LogP) is 1.77. The van der Waals surface area contributed by atoms with Crippen molar-refractivity contribution in [2.24, 2.45) is 5.92 Å². The summed E-state index contributed by atoms with van der Waals surface area (Å²) in [4.78, 5) is 22.9. The van der Waals surface area contributed by atoms with E-state index in [-0.39, 0.29) is 11.8 Å². The second-order valence-corrected chi connectivity index (χ2v) is 4.79. The number of carbonyl (C=O) groups excluding carboxylic acids is 1. The minimum atomic E-state index is -1.01. The molecule has 4 heteroatoms. The lowest BCUT2D eigenvalue weighted by molar-refractivity contribution is -0.141. The zero-order chi connectivity index (χ0) is 13.1. The molecular weight excluding hydrogens is 230 g/mol. The SMILES string of the molecule is CC(NC(=O)C(c1ccccc1)C1CC1)C(=O)O. The van der Waals surface area contributed by atoms with Crippen LogP contribution >= 0.6 is 0 Å². The molecule has 1 fully saturated rings. The summed E-state index contributed by atoms with van der Waals surface area (Å²) >= 11 is 0. The van der Waals surface area contributed by atoms with Crippen LogP contribution in [0.25, 0.3) is 0 Å². The summed E-state index contributed by atoms with van der Waals surface area (Å²) < 4.78 is 0. The van der Waals surface area contributed by atoms with Crippen LogP contribution in [0.5, 0.6) is 0 Å². The highest BCUT2D eigenvalue weighted by atomic mass is 16.4. The standard InChI is InChI=1S/C14H17NO3/c1-9(14(17)18)15-13(16)12(11-7-8-11)10-5-3-2-4-6-10/h2-6,9,11-12H,7-8H2,1H3,(H,15,16)(H,17,18). The number of benzene rings is 1. The Morgan fingerprint density at radius 3 is 2.39 bits per heavy atom. The Kier molecular flexibility index (Phi) is 3.65. The minimum Gasteiger partial charge on any atom is -0.480 e. The van der Waals surface area contributed by atoms with E-state index < -0.39 is 12.0 Å². The molecule has 1 aliphatic carbocycles. The first kappa shape index (κ1) is 12.6. The Balaban J connectivity index is 2.11. The van der Waals surface area contributed by atoms with Gasteiger partial charge < -0.3 is 10.4 Å². The molecular formula is C14H17NO3. The van der Waals surface area contributed by atoms with Gasteiger partial charge >= 0.3 is 5.97 Å². The van der Waals surface area contributed by atoms with Gasteiger partial charge in [-0.3, -0.25) is 9.59 Å². The van der Waals surface area contributed by atoms with Crippen LogP contribution in [0.15, 0.2) is 30.3 Å². The van der Waals surface area contributed by atoms with Crippen molar-refractivity contribution in [2.45, 2.75) is 31.7 Å². The molecule has 0 aliphatic heterocycles. The number of aliphatic carboxylic acids is 1. The lowest BCUT2D eigenvalue weighted by Gasteiger charge is -2.18. The molecule has 2 atom stereocenters. The molecule has 0 aromatic heterocycles. The highest BCUT2D eigenvalue weighted by molar-refractivity contribution is 5.88. The van der Waals surface area contributed by atoms with Crippen molar-refractivity contribution in [3.63, 3.8) is 0 Å². The number of hydrogen-bond acceptors (Lipinski definition) is 2. The van der Waals surface area contributed by atoms with Crippen molar-refractivity contribution in [3.8, 4) is 0 Å². The van der Waals surface area contributed by atoms with Gasteiger partial charge in [-0.05, 0) is 31.2 Å². The van der Waals surface area contributed by atoms with Gasteiger partial charge in [-0.25, -0.2) is 0 Å². The third-order valence-electron chi connectivity index (χ3n) is 3.26. The average molecular weight is 247 g/mol. The molecule has 2 N–H and O–H groups in total. The largest absolute Gasteiger partial charge is 0.480 e. The van der Waals surface area contributed by atoms with Crippen molar-refractivity contribution in [2.75, 3.05) is 0 Å². The summed E-state index contributed by atoms with van der Waals surface area (Å²) in [6.45, 7) is 1.48. The van der Waals surface area contributed by atoms with Crippen molar-refractivity contribution >= 4 is 11.9 Å². The Morgan fingerprint density at radius 1 is 1.28 bits per heavy atom. The van der Waals surface area contributed by atoms with Crippen LogP contribution in [-0.4, -0.2) is 23.0 Å². The van der Waals surface area contributed by atoms with Crippen molar-refractivity contribution < 1.29 is 14.7 Å². The Morgan fingerprint density at radius 2 is 1.89 bits per heavy atom. The highest BCUT2D eigenvalue weighted by Crippen LogP contribution is 2.42. The van der Waals surface area contributed by atoms with Crippen LogP contribution < -0.4 is 5.32 Å². The molecule has 2 rings (SSSR count). The summed E-state index contributed by atoms with van der Waals surface area (Å²) in [7, 11) is 0. The molecule has 1 aliphatic rings. The molecule has 0 bridgehead atoms. The van der Waals surface area contributed by atoms with E-state index in [0.717, 1.165) is 18.4 Å². The number of amides is 1.